The van der Waals surface area contributed by atoms with E-state index in [1.54, 1.807) is 25.2 Å². The maximum absolute atomic E-state index is 13.5. The predicted molar refractivity (Wildman–Crippen MR) is 89.4 cm³/mol. The molecule has 23 heavy (non-hydrogen) atoms. The number of nitrogens with one attached hydrogen (secondary N) is 1. The van der Waals surface area contributed by atoms with Gasteiger partial charge in [-0.25, -0.2) is 4.39 Å². The fraction of sp³-hybridized carbons (Fsp3) is 0.588. The van der Waals surface area contributed by atoms with Gasteiger partial charge in [0.1, 0.15) is 6.61 Å². The van der Waals surface area contributed by atoms with Crippen molar-refractivity contribution in [2.75, 3.05) is 47.0 Å². The molecule has 1 fully saturated rings. The highest BCUT2D eigenvalue weighted by atomic mass is 19.1. The molecule has 6 heteroatoms. The van der Waals surface area contributed by atoms with Gasteiger partial charge in [0.25, 0.3) is 0 Å². The lowest BCUT2D eigenvalue weighted by Crippen LogP contribution is -2.42. The number of halogens is 1. The number of rotatable bonds is 9. The van der Waals surface area contributed by atoms with E-state index in [0.29, 0.717) is 19.8 Å². The van der Waals surface area contributed by atoms with E-state index in [1.807, 2.05) is 11.9 Å². The van der Waals surface area contributed by atoms with E-state index in [-0.39, 0.29) is 11.6 Å². The highest BCUT2D eigenvalue weighted by Gasteiger charge is 2.20. The van der Waals surface area contributed by atoms with Crippen LogP contribution in [0.15, 0.2) is 29.3 Å². The Hall–Kier alpha value is -1.82. The van der Waals surface area contributed by atoms with Crippen molar-refractivity contribution in [1.29, 1.82) is 0 Å². The minimum Gasteiger partial charge on any atom is -0.489 e. The fourth-order valence-corrected chi connectivity index (χ4v) is 2.11. The molecule has 0 atom stereocenters. The van der Waals surface area contributed by atoms with Gasteiger partial charge in [-0.1, -0.05) is 12.1 Å². The van der Waals surface area contributed by atoms with Gasteiger partial charge in [-0.05, 0) is 30.9 Å². The van der Waals surface area contributed by atoms with Crippen LogP contribution in [0.2, 0.25) is 0 Å². The molecular weight excluding hydrogens is 297 g/mol. The maximum Gasteiger partial charge on any atom is 0.193 e. The van der Waals surface area contributed by atoms with Gasteiger partial charge in [-0.15, -0.1) is 0 Å². The van der Waals surface area contributed by atoms with Gasteiger partial charge in [0, 0.05) is 27.2 Å². The minimum absolute atomic E-state index is 0.275. The lowest BCUT2D eigenvalue weighted by molar-refractivity contribution is 0.128. The van der Waals surface area contributed by atoms with E-state index in [0.717, 1.165) is 25.0 Å². The quantitative estimate of drug-likeness (QED) is 0.430. The number of guanidine groups is 1. The fourth-order valence-electron chi connectivity index (χ4n) is 2.11. The number of benzene rings is 1. The second-order valence-corrected chi connectivity index (χ2v) is 5.69. The normalized spacial score (nSPS) is 14.7. The second kappa shape index (κ2) is 9.35. The molecule has 0 aromatic heterocycles. The van der Waals surface area contributed by atoms with Crippen molar-refractivity contribution in [3.63, 3.8) is 0 Å². The number of hydrogen-bond acceptors (Lipinski definition) is 3. The molecule has 0 saturated heterocycles. The van der Waals surface area contributed by atoms with Gasteiger partial charge >= 0.3 is 0 Å². The molecule has 1 aliphatic carbocycles. The summed E-state index contributed by atoms with van der Waals surface area (Å²) < 4.78 is 24.5. The van der Waals surface area contributed by atoms with Crippen LogP contribution in [0.1, 0.15) is 12.8 Å². The first kappa shape index (κ1) is 17.5. The van der Waals surface area contributed by atoms with Gasteiger partial charge < -0.3 is 19.7 Å². The Morgan fingerprint density at radius 2 is 2.13 bits per heavy atom. The monoisotopic (exact) mass is 323 g/mol. The predicted octanol–water partition coefficient (Wildman–Crippen LogP) is 2.14. The number of hydrogen-bond donors (Lipinski definition) is 1. The zero-order chi connectivity index (χ0) is 16.5. The van der Waals surface area contributed by atoms with Crippen molar-refractivity contribution in [3.8, 4) is 5.75 Å². The standard InChI is InChI=1S/C17H26FN3O2/c1-19-17(20-9-11-22-13-14-7-8-14)21(2)10-12-23-16-6-4-3-5-15(16)18/h3-6,14H,7-13H2,1-2H3,(H,19,20). The summed E-state index contributed by atoms with van der Waals surface area (Å²) in [6.45, 7) is 3.26. The van der Waals surface area contributed by atoms with E-state index in [2.05, 4.69) is 10.3 Å². The third kappa shape index (κ3) is 6.44. The Labute approximate surface area is 137 Å². The summed E-state index contributed by atoms with van der Waals surface area (Å²) in [6, 6.07) is 6.41. The van der Waals surface area contributed by atoms with Crippen LogP contribution in [-0.2, 0) is 4.74 Å². The number of nitrogens with zero attached hydrogens (tertiary/aromatic N) is 2. The van der Waals surface area contributed by atoms with Crippen LogP contribution >= 0.6 is 0 Å². The number of aliphatic imine (C=N–C) groups is 1. The summed E-state index contributed by atoms with van der Waals surface area (Å²) in [4.78, 5) is 6.17. The number of likely N-dealkylation sites (N-methyl/N-ethyl adjacent to an activating group) is 1. The van der Waals surface area contributed by atoms with Crippen LogP contribution in [0.3, 0.4) is 0 Å². The number of ether oxygens (including phenoxy) is 2. The minimum atomic E-state index is -0.342. The third-order valence-electron chi connectivity index (χ3n) is 3.67. The lowest BCUT2D eigenvalue weighted by Gasteiger charge is -2.22. The molecule has 1 aromatic carbocycles. The maximum atomic E-state index is 13.5. The zero-order valence-corrected chi connectivity index (χ0v) is 13.9. The van der Waals surface area contributed by atoms with Crippen LogP contribution in [-0.4, -0.2) is 57.9 Å². The van der Waals surface area contributed by atoms with E-state index in [4.69, 9.17) is 9.47 Å². The second-order valence-electron chi connectivity index (χ2n) is 5.69. The molecule has 1 aromatic rings. The molecule has 0 spiro atoms. The topological polar surface area (TPSA) is 46.1 Å². The van der Waals surface area contributed by atoms with Crippen molar-refractivity contribution < 1.29 is 13.9 Å². The van der Waals surface area contributed by atoms with Crippen molar-refractivity contribution in [2.45, 2.75) is 12.8 Å². The van der Waals surface area contributed by atoms with Crippen molar-refractivity contribution in [1.82, 2.24) is 10.2 Å². The third-order valence-corrected chi connectivity index (χ3v) is 3.67. The van der Waals surface area contributed by atoms with E-state index in [1.165, 1.54) is 18.9 Å². The molecule has 2 rings (SSSR count). The highest BCUT2D eigenvalue weighted by Crippen LogP contribution is 2.28. The zero-order valence-electron chi connectivity index (χ0n) is 13.9. The molecule has 128 valence electrons. The van der Waals surface area contributed by atoms with Crippen LogP contribution in [0.4, 0.5) is 4.39 Å². The Kier molecular flexibility index (Phi) is 7.13. The smallest absolute Gasteiger partial charge is 0.193 e. The van der Waals surface area contributed by atoms with Gasteiger partial charge in [-0.2, -0.15) is 0 Å². The number of para-hydroxylation sites is 1. The summed E-state index contributed by atoms with van der Waals surface area (Å²) >= 11 is 0. The van der Waals surface area contributed by atoms with Crippen LogP contribution in [0, 0.1) is 11.7 Å². The average molecular weight is 323 g/mol. The highest BCUT2D eigenvalue weighted by molar-refractivity contribution is 5.79. The Balaban J connectivity index is 1.61. The van der Waals surface area contributed by atoms with Gasteiger partial charge in [0.2, 0.25) is 0 Å². The molecule has 5 nitrogen and oxygen atoms in total. The van der Waals surface area contributed by atoms with E-state index >= 15 is 0 Å². The molecule has 1 N–H and O–H groups in total. The summed E-state index contributed by atoms with van der Waals surface area (Å²) in [6.07, 6.45) is 2.61. The van der Waals surface area contributed by atoms with Crippen LogP contribution in [0.25, 0.3) is 0 Å². The molecule has 0 amide bonds. The van der Waals surface area contributed by atoms with Gasteiger partial charge in [-0.3, -0.25) is 4.99 Å². The molecule has 0 bridgehead atoms. The first-order chi connectivity index (χ1) is 11.2. The molecule has 1 saturated carbocycles. The lowest BCUT2D eigenvalue weighted by atomic mass is 10.3. The first-order valence-electron chi connectivity index (χ1n) is 8.07. The van der Waals surface area contributed by atoms with Crippen molar-refractivity contribution in [3.05, 3.63) is 30.1 Å². The Morgan fingerprint density at radius 3 is 2.83 bits per heavy atom. The summed E-state index contributed by atoms with van der Waals surface area (Å²) in [5.41, 5.74) is 0. The van der Waals surface area contributed by atoms with Gasteiger partial charge in [0.05, 0.1) is 13.2 Å². The summed E-state index contributed by atoms with van der Waals surface area (Å²) in [7, 11) is 3.66. The van der Waals surface area contributed by atoms with Crippen LogP contribution in [0.5, 0.6) is 5.75 Å². The largest absolute Gasteiger partial charge is 0.489 e. The molecule has 0 radical (unpaired) electrons. The van der Waals surface area contributed by atoms with Gasteiger partial charge in [0.15, 0.2) is 17.5 Å². The Bertz CT molecular complexity index is 506. The Morgan fingerprint density at radius 1 is 1.35 bits per heavy atom. The van der Waals surface area contributed by atoms with Crippen molar-refractivity contribution >= 4 is 5.96 Å². The average Bonchev–Trinajstić information content (AvgIpc) is 3.37. The molecule has 1 aliphatic rings. The van der Waals surface area contributed by atoms with E-state index in [9.17, 15) is 4.39 Å². The molecule has 0 unspecified atom stereocenters. The summed E-state index contributed by atoms with van der Waals surface area (Å²) in [5, 5.41) is 3.24. The summed E-state index contributed by atoms with van der Waals surface area (Å²) in [5.74, 6) is 1.49. The SMILES string of the molecule is CN=C(NCCOCC1CC1)N(C)CCOc1ccccc1F. The van der Waals surface area contributed by atoms with Crippen LogP contribution < -0.4 is 10.1 Å². The first-order valence-corrected chi connectivity index (χ1v) is 8.07. The van der Waals surface area contributed by atoms with Crippen molar-refractivity contribution in [2.24, 2.45) is 10.9 Å². The molecular formula is C17H26FN3O2. The molecule has 0 heterocycles. The van der Waals surface area contributed by atoms with E-state index < -0.39 is 0 Å². The molecule has 0 aliphatic heterocycles.